The molecule has 0 amide bonds. The van der Waals surface area contributed by atoms with Gasteiger partial charge in [0.2, 0.25) is 0 Å². The summed E-state index contributed by atoms with van der Waals surface area (Å²) < 4.78 is 40.6. The van der Waals surface area contributed by atoms with Crippen molar-refractivity contribution in [2.75, 3.05) is 0 Å². The largest absolute Gasteiger partial charge is 0.207 e. The standard InChI is InChI=1S/C14H9BrClF3/c15-10(5-8-3-1-2-4-12(8)17)9-6-14(19)11(16)7-13(9)18/h1-4,6-7,10H,5H2. The summed E-state index contributed by atoms with van der Waals surface area (Å²) in [5.74, 6) is -1.69. The highest BCUT2D eigenvalue weighted by Gasteiger charge is 2.17. The Morgan fingerprint density at radius 1 is 1.00 bits per heavy atom. The summed E-state index contributed by atoms with van der Waals surface area (Å²) in [4.78, 5) is -0.531. The average Bonchev–Trinajstić information content (AvgIpc) is 2.36. The van der Waals surface area contributed by atoms with E-state index >= 15 is 0 Å². The Balaban J connectivity index is 2.28. The van der Waals surface area contributed by atoms with Crippen LogP contribution in [0.3, 0.4) is 0 Å². The number of rotatable bonds is 3. The molecule has 2 aromatic carbocycles. The fraction of sp³-hybridized carbons (Fsp3) is 0.143. The summed E-state index contributed by atoms with van der Waals surface area (Å²) in [7, 11) is 0. The van der Waals surface area contributed by atoms with Gasteiger partial charge in [-0.25, -0.2) is 13.2 Å². The van der Waals surface area contributed by atoms with Gasteiger partial charge in [0.15, 0.2) is 0 Å². The first-order valence-electron chi connectivity index (χ1n) is 5.51. The van der Waals surface area contributed by atoms with Crippen LogP contribution < -0.4 is 0 Å². The van der Waals surface area contributed by atoms with Gasteiger partial charge in [0.1, 0.15) is 17.5 Å². The van der Waals surface area contributed by atoms with Crippen LogP contribution >= 0.6 is 27.5 Å². The molecule has 0 radical (unpaired) electrons. The number of alkyl halides is 1. The van der Waals surface area contributed by atoms with Crippen molar-refractivity contribution in [2.24, 2.45) is 0 Å². The minimum absolute atomic E-state index is 0.116. The molecule has 0 aliphatic heterocycles. The van der Waals surface area contributed by atoms with E-state index in [1.165, 1.54) is 6.07 Å². The van der Waals surface area contributed by atoms with Gasteiger partial charge in [-0.05, 0) is 30.2 Å². The van der Waals surface area contributed by atoms with Gasteiger partial charge in [-0.2, -0.15) is 0 Å². The molecule has 0 spiro atoms. The van der Waals surface area contributed by atoms with Gasteiger partial charge in [-0.15, -0.1) is 0 Å². The lowest BCUT2D eigenvalue weighted by Crippen LogP contribution is -2.01. The van der Waals surface area contributed by atoms with Crippen LogP contribution in [0.5, 0.6) is 0 Å². The van der Waals surface area contributed by atoms with Crippen LogP contribution in [0, 0.1) is 17.5 Å². The van der Waals surface area contributed by atoms with Gasteiger partial charge in [0.25, 0.3) is 0 Å². The minimum atomic E-state index is -0.698. The molecule has 0 fully saturated rings. The second kappa shape index (κ2) is 5.97. The first kappa shape index (κ1) is 14.4. The van der Waals surface area contributed by atoms with Gasteiger partial charge in [0, 0.05) is 10.4 Å². The molecule has 0 aliphatic rings. The van der Waals surface area contributed by atoms with Crippen LogP contribution in [-0.4, -0.2) is 0 Å². The maximum atomic E-state index is 13.7. The highest BCUT2D eigenvalue weighted by atomic mass is 79.9. The van der Waals surface area contributed by atoms with Crippen molar-refractivity contribution in [1.82, 2.24) is 0 Å². The van der Waals surface area contributed by atoms with Crippen LogP contribution in [-0.2, 0) is 6.42 Å². The van der Waals surface area contributed by atoms with Crippen molar-refractivity contribution >= 4 is 27.5 Å². The van der Waals surface area contributed by atoms with Gasteiger partial charge >= 0.3 is 0 Å². The Morgan fingerprint density at radius 3 is 2.37 bits per heavy atom. The molecule has 0 aromatic heterocycles. The Hall–Kier alpha value is -1.00. The number of halogens is 5. The first-order chi connectivity index (χ1) is 8.99. The summed E-state index contributed by atoms with van der Waals surface area (Å²) in [5, 5.41) is -0.271. The average molecular weight is 350 g/mol. The Kier molecular flexibility index (Phi) is 4.53. The molecule has 0 saturated heterocycles. The van der Waals surface area contributed by atoms with Gasteiger partial charge in [0.05, 0.1) is 5.02 Å². The molecule has 0 N–H and O–H groups in total. The molecular weight excluding hydrogens is 341 g/mol. The van der Waals surface area contributed by atoms with E-state index in [1.807, 2.05) is 0 Å². The van der Waals surface area contributed by atoms with Crippen molar-refractivity contribution in [1.29, 1.82) is 0 Å². The van der Waals surface area contributed by atoms with Crippen LogP contribution in [0.15, 0.2) is 36.4 Å². The maximum absolute atomic E-state index is 13.7. The van der Waals surface area contributed by atoms with E-state index in [1.54, 1.807) is 18.2 Å². The van der Waals surface area contributed by atoms with Crippen molar-refractivity contribution in [3.63, 3.8) is 0 Å². The summed E-state index contributed by atoms with van der Waals surface area (Å²) >= 11 is 8.74. The zero-order chi connectivity index (χ0) is 14.0. The Bertz CT molecular complexity index is 601. The third kappa shape index (κ3) is 3.31. The molecule has 0 heterocycles. The van der Waals surface area contributed by atoms with E-state index in [2.05, 4.69) is 15.9 Å². The second-order valence-electron chi connectivity index (χ2n) is 4.05. The van der Waals surface area contributed by atoms with Crippen molar-refractivity contribution in [3.05, 3.63) is 70.0 Å². The van der Waals surface area contributed by atoms with Crippen LogP contribution in [0.4, 0.5) is 13.2 Å². The predicted octanol–water partition coefficient (Wildman–Crippen LogP) is 5.44. The van der Waals surface area contributed by atoms with Crippen LogP contribution in [0.1, 0.15) is 16.0 Å². The van der Waals surface area contributed by atoms with Gasteiger partial charge in [-0.1, -0.05) is 45.7 Å². The summed E-state index contributed by atoms with van der Waals surface area (Å²) in [6.07, 6.45) is 0.213. The lowest BCUT2D eigenvalue weighted by atomic mass is 10.0. The third-order valence-corrected chi connectivity index (χ3v) is 3.84. The predicted molar refractivity (Wildman–Crippen MR) is 73.1 cm³/mol. The summed E-state index contributed by atoms with van der Waals surface area (Å²) in [5.41, 5.74) is 0.546. The molecule has 0 bridgehead atoms. The molecule has 1 unspecified atom stereocenters. The van der Waals surface area contributed by atoms with Crippen LogP contribution in [0.2, 0.25) is 5.02 Å². The lowest BCUT2D eigenvalue weighted by Gasteiger charge is -2.12. The SMILES string of the molecule is Fc1cc(C(Br)Cc2ccccc2F)c(F)cc1Cl. The van der Waals surface area contributed by atoms with Crippen LogP contribution in [0.25, 0.3) is 0 Å². The minimum Gasteiger partial charge on any atom is -0.207 e. The highest BCUT2D eigenvalue weighted by Crippen LogP contribution is 2.32. The zero-order valence-electron chi connectivity index (χ0n) is 9.64. The monoisotopic (exact) mass is 348 g/mol. The zero-order valence-corrected chi connectivity index (χ0v) is 12.0. The molecular formula is C14H9BrClF3. The summed E-state index contributed by atoms with van der Waals surface area (Å²) in [6.45, 7) is 0. The fourth-order valence-electron chi connectivity index (χ4n) is 1.74. The third-order valence-electron chi connectivity index (χ3n) is 2.73. The fourth-order valence-corrected chi connectivity index (χ4v) is 2.59. The van der Waals surface area contributed by atoms with Crippen molar-refractivity contribution < 1.29 is 13.2 Å². The molecule has 5 heteroatoms. The van der Waals surface area contributed by atoms with Crippen molar-refractivity contribution in [2.45, 2.75) is 11.2 Å². The van der Waals surface area contributed by atoms with Crippen molar-refractivity contribution in [3.8, 4) is 0 Å². The maximum Gasteiger partial charge on any atom is 0.142 e. The smallest absolute Gasteiger partial charge is 0.142 e. The molecule has 100 valence electrons. The summed E-state index contributed by atoms with van der Waals surface area (Å²) in [6, 6.07) is 8.14. The normalized spacial score (nSPS) is 12.5. The van der Waals surface area contributed by atoms with Gasteiger partial charge in [-0.3, -0.25) is 0 Å². The van der Waals surface area contributed by atoms with E-state index < -0.39 is 16.5 Å². The van der Waals surface area contributed by atoms with E-state index in [9.17, 15) is 13.2 Å². The Morgan fingerprint density at radius 2 is 1.68 bits per heavy atom. The molecule has 0 nitrogen and oxygen atoms in total. The molecule has 19 heavy (non-hydrogen) atoms. The number of hydrogen-bond donors (Lipinski definition) is 0. The highest BCUT2D eigenvalue weighted by molar-refractivity contribution is 9.09. The molecule has 0 aliphatic carbocycles. The first-order valence-corrected chi connectivity index (χ1v) is 6.80. The molecule has 2 aromatic rings. The van der Waals surface area contributed by atoms with E-state index in [-0.39, 0.29) is 22.8 Å². The quantitative estimate of drug-likeness (QED) is 0.511. The number of hydrogen-bond acceptors (Lipinski definition) is 0. The van der Waals surface area contributed by atoms with Gasteiger partial charge < -0.3 is 0 Å². The molecule has 1 atom stereocenters. The second-order valence-corrected chi connectivity index (χ2v) is 5.56. The Labute approximate surface area is 122 Å². The molecule has 2 rings (SSSR count). The number of benzene rings is 2. The lowest BCUT2D eigenvalue weighted by molar-refractivity contribution is 0.579. The topological polar surface area (TPSA) is 0 Å². The van der Waals surface area contributed by atoms with E-state index in [0.717, 1.165) is 12.1 Å². The van der Waals surface area contributed by atoms with E-state index in [0.29, 0.717) is 5.56 Å². The van der Waals surface area contributed by atoms with E-state index in [4.69, 9.17) is 11.6 Å². The molecule has 0 saturated carbocycles.